The summed E-state index contributed by atoms with van der Waals surface area (Å²) in [6.07, 6.45) is 2.26. The number of nitro benzene ring substituents is 1. The number of benzene rings is 1. The number of nitrogens with two attached hydrogens (primary N) is 1. The molecule has 6 heteroatoms. The van der Waals surface area contributed by atoms with E-state index in [1.165, 1.54) is 6.07 Å². The molecule has 18 heavy (non-hydrogen) atoms. The molecule has 1 atom stereocenters. The van der Waals surface area contributed by atoms with Gasteiger partial charge in [-0.3, -0.25) is 10.1 Å². The molecule has 0 spiro atoms. The summed E-state index contributed by atoms with van der Waals surface area (Å²) < 4.78 is 13.6. The summed E-state index contributed by atoms with van der Waals surface area (Å²) in [5, 5.41) is 13.6. The number of anilines is 1. The van der Waals surface area contributed by atoms with Crippen LogP contribution in [0, 0.1) is 28.8 Å². The van der Waals surface area contributed by atoms with Crippen molar-refractivity contribution in [3.63, 3.8) is 0 Å². The predicted octanol–water partition coefficient (Wildman–Crippen LogP) is 2.19. The van der Waals surface area contributed by atoms with E-state index in [2.05, 4.69) is 5.32 Å². The van der Waals surface area contributed by atoms with Crippen LogP contribution in [0.15, 0.2) is 12.1 Å². The molecule has 0 aliphatic heterocycles. The summed E-state index contributed by atoms with van der Waals surface area (Å²) in [5.41, 5.74) is 6.40. The number of hydrogen-bond acceptors (Lipinski definition) is 4. The second kappa shape index (κ2) is 4.89. The lowest BCUT2D eigenvalue weighted by atomic mass is 10.1. The fourth-order valence-corrected chi connectivity index (χ4v) is 1.92. The summed E-state index contributed by atoms with van der Waals surface area (Å²) in [4.78, 5) is 10.1. The number of nitrogens with one attached hydrogen (secondary N) is 1. The second-order valence-electron chi connectivity index (χ2n) is 4.76. The van der Waals surface area contributed by atoms with E-state index in [1.54, 1.807) is 6.92 Å². The van der Waals surface area contributed by atoms with E-state index in [0.29, 0.717) is 18.0 Å². The van der Waals surface area contributed by atoms with Crippen LogP contribution in [-0.4, -0.2) is 17.5 Å². The van der Waals surface area contributed by atoms with Gasteiger partial charge in [0.2, 0.25) is 0 Å². The van der Waals surface area contributed by atoms with Crippen LogP contribution in [0.2, 0.25) is 0 Å². The van der Waals surface area contributed by atoms with Gasteiger partial charge in [-0.1, -0.05) is 0 Å². The highest BCUT2D eigenvalue weighted by atomic mass is 19.1. The van der Waals surface area contributed by atoms with Crippen LogP contribution < -0.4 is 11.1 Å². The number of halogens is 1. The molecule has 5 nitrogen and oxygen atoms in total. The van der Waals surface area contributed by atoms with Gasteiger partial charge in [0.25, 0.3) is 5.69 Å². The van der Waals surface area contributed by atoms with Crippen LogP contribution in [0.3, 0.4) is 0 Å². The lowest BCUT2D eigenvalue weighted by Crippen LogP contribution is -2.31. The summed E-state index contributed by atoms with van der Waals surface area (Å²) in [7, 11) is 0. The van der Waals surface area contributed by atoms with Gasteiger partial charge in [-0.2, -0.15) is 0 Å². The third-order valence-electron chi connectivity index (χ3n) is 3.24. The number of hydrogen-bond donors (Lipinski definition) is 2. The van der Waals surface area contributed by atoms with Crippen molar-refractivity contribution in [1.82, 2.24) is 0 Å². The molecule has 0 bridgehead atoms. The molecule has 3 N–H and O–H groups in total. The van der Waals surface area contributed by atoms with Crippen molar-refractivity contribution in [3.05, 3.63) is 33.6 Å². The summed E-state index contributed by atoms with van der Waals surface area (Å²) >= 11 is 0. The highest BCUT2D eigenvalue weighted by Crippen LogP contribution is 2.32. The number of nitrogens with zero attached hydrogens (tertiary/aromatic N) is 1. The normalized spacial score (nSPS) is 16.4. The minimum absolute atomic E-state index is 0.0138. The third-order valence-corrected chi connectivity index (χ3v) is 3.24. The Morgan fingerprint density at radius 2 is 2.28 bits per heavy atom. The van der Waals surface area contributed by atoms with Gasteiger partial charge in [-0.05, 0) is 31.7 Å². The number of rotatable bonds is 5. The molecule has 0 amide bonds. The smallest absolute Gasteiger partial charge is 0.275 e. The van der Waals surface area contributed by atoms with Crippen LogP contribution in [-0.2, 0) is 0 Å². The molecule has 1 aliphatic carbocycles. The molecule has 1 aromatic rings. The highest BCUT2D eigenvalue weighted by Gasteiger charge is 2.28. The van der Waals surface area contributed by atoms with Gasteiger partial charge in [0.15, 0.2) is 5.82 Å². The first-order valence-electron chi connectivity index (χ1n) is 5.93. The van der Waals surface area contributed by atoms with Gasteiger partial charge < -0.3 is 11.1 Å². The third kappa shape index (κ3) is 2.76. The maximum Gasteiger partial charge on any atom is 0.275 e. The van der Waals surface area contributed by atoms with E-state index in [9.17, 15) is 14.5 Å². The Hall–Kier alpha value is -1.69. The molecular weight excluding hydrogens is 237 g/mol. The van der Waals surface area contributed by atoms with E-state index in [0.717, 1.165) is 18.9 Å². The van der Waals surface area contributed by atoms with Crippen molar-refractivity contribution in [2.75, 3.05) is 11.9 Å². The molecule has 1 unspecified atom stereocenters. The Kier molecular flexibility index (Phi) is 3.47. The molecule has 0 radical (unpaired) electrons. The maximum atomic E-state index is 13.6. The minimum atomic E-state index is -0.615. The fraction of sp³-hybridized carbons (Fsp3) is 0.500. The van der Waals surface area contributed by atoms with Crippen molar-refractivity contribution >= 4 is 11.4 Å². The summed E-state index contributed by atoms with van der Waals surface area (Å²) in [6, 6.07) is 2.41. The highest BCUT2D eigenvalue weighted by molar-refractivity contribution is 5.54. The van der Waals surface area contributed by atoms with E-state index in [4.69, 9.17) is 5.73 Å². The van der Waals surface area contributed by atoms with E-state index >= 15 is 0 Å². The van der Waals surface area contributed by atoms with Gasteiger partial charge in [-0.15, -0.1) is 0 Å². The quantitative estimate of drug-likeness (QED) is 0.622. The molecular formula is C12H16FN3O2. The standard InChI is InChI=1S/C12H16FN3O2/c1-7-4-11(9(13)5-12(7)16(17)18)15-6-10(14)8-2-3-8/h4-5,8,10,15H,2-3,6,14H2,1H3. The molecule has 1 aliphatic rings. The predicted molar refractivity (Wildman–Crippen MR) is 67.0 cm³/mol. The van der Waals surface area contributed by atoms with Crippen LogP contribution in [0.5, 0.6) is 0 Å². The molecule has 0 saturated heterocycles. The van der Waals surface area contributed by atoms with Crippen LogP contribution >= 0.6 is 0 Å². The van der Waals surface area contributed by atoms with Gasteiger partial charge in [-0.25, -0.2) is 4.39 Å². The minimum Gasteiger partial charge on any atom is -0.381 e. The lowest BCUT2D eigenvalue weighted by Gasteiger charge is -2.13. The van der Waals surface area contributed by atoms with Crippen LogP contribution in [0.25, 0.3) is 0 Å². The maximum absolute atomic E-state index is 13.6. The molecule has 0 heterocycles. The molecule has 1 aromatic carbocycles. The summed E-state index contributed by atoms with van der Waals surface area (Å²) in [6.45, 7) is 2.07. The van der Waals surface area contributed by atoms with Gasteiger partial charge in [0, 0.05) is 18.2 Å². The average Bonchev–Trinajstić information content (AvgIpc) is 3.12. The van der Waals surface area contributed by atoms with Crippen molar-refractivity contribution in [1.29, 1.82) is 0 Å². The molecule has 1 fully saturated rings. The van der Waals surface area contributed by atoms with Crippen LogP contribution in [0.4, 0.5) is 15.8 Å². The topological polar surface area (TPSA) is 81.2 Å². The average molecular weight is 253 g/mol. The molecule has 98 valence electrons. The van der Waals surface area contributed by atoms with Crippen molar-refractivity contribution in [3.8, 4) is 0 Å². The Bertz CT molecular complexity index is 475. The zero-order valence-corrected chi connectivity index (χ0v) is 10.1. The van der Waals surface area contributed by atoms with Gasteiger partial charge >= 0.3 is 0 Å². The number of aryl methyl sites for hydroxylation is 1. The first-order chi connectivity index (χ1) is 8.49. The fourth-order valence-electron chi connectivity index (χ4n) is 1.92. The monoisotopic (exact) mass is 253 g/mol. The van der Waals surface area contributed by atoms with E-state index in [-0.39, 0.29) is 17.4 Å². The van der Waals surface area contributed by atoms with E-state index < -0.39 is 10.7 Å². The first kappa shape index (κ1) is 12.8. The van der Waals surface area contributed by atoms with Crippen molar-refractivity contribution in [2.24, 2.45) is 11.7 Å². The van der Waals surface area contributed by atoms with Gasteiger partial charge in [0.05, 0.1) is 16.7 Å². The Balaban J connectivity index is 2.08. The van der Waals surface area contributed by atoms with E-state index in [1.807, 2.05) is 0 Å². The summed E-state index contributed by atoms with van der Waals surface area (Å²) in [5.74, 6) is -0.0880. The lowest BCUT2D eigenvalue weighted by molar-refractivity contribution is -0.385. The van der Waals surface area contributed by atoms with Crippen molar-refractivity contribution < 1.29 is 9.31 Å². The largest absolute Gasteiger partial charge is 0.381 e. The zero-order chi connectivity index (χ0) is 13.3. The first-order valence-corrected chi connectivity index (χ1v) is 5.93. The van der Waals surface area contributed by atoms with Crippen molar-refractivity contribution in [2.45, 2.75) is 25.8 Å². The molecule has 0 aromatic heterocycles. The second-order valence-corrected chi connectivity index (χ2v) is 4.76. The Labute approximate surface area is 104 Å². The Morgan fingerprint density at radius 1 is 1.61 bits per heavy atom. The SMILES string of the molecule is Cc1cc(NCC(N)C2CC2)c(F)cc1[N+](=O)[O-]. The molecule has 1 saturated carbocycles. The van der Waals surface area contributed by atoms with Gasteiger partial charge in [0.1, 0.15) is 0 Å². The zero-order valence-electron chi connectivity index (χ0n) is 10.1. The Morgan fingerprint density at radius 3 is 2.83 bits per heavy atom. The molecule has 2 rings (SSSR count). The van der Waals surface area contributed by atoms with Crippen LogP contribution in [0.1, 0.15) is 18.4 Å². The number of nitro groups is 1.